The average Bonchev–Trinajstić information content (AvgIpc) is 3.29. The molecule has 1 aromatic heterocycles. The van der Waals surface area contributed by atoms with Gasteiger partial charge in [0, 0.05) is 36.3 Å². The third-order valence-corrected chi connectivity index (χ3v) is 7.78. The van der Waals surface area contributed by atoms with Gasteiger partial charge in [-0.05, 0) is 36.2 Å². The van der Waals surface area contributed by atoms with Crippen molar-refractivity contribution < 1.29 is 36.4 Å². The smallest absolute Gasteiger partial charge is 0.273 e. The molecule has 15 heteroatoms. The van der Waals surface area contributed by atoms with E-state index in [9.17, 15) is 31.7 Å². The van der Waals surface area contributed by atoms with E-state index >= 15 is 0 Å². The maximum Gasteiger partial charge on any atom is 0.273 e. The molecule has 2 atom stereocenters. The maximum absolute atomic E-state index is 14.2. The minimum Gasteiger partial charge on any atom is -0.470 e. The summed E-state index contributed by atoms with van der Waals surface area (Å²) in [6.07, 6.45) is 0.983. The van der Waals surface area contributed by atoms with E-state index in [0.717, 1.165) is 12.1 Å². The number of likely N-dealkylation sites (tertiary alicyclic amines) is 1. The van der Waals surface area contributed by atoms with Crippen molar-refractivity contribution in [2.24, 2.45) is 5.73 Å². The van der Waals surface area contributed by atoms with E-state index < -0.39 is 50.6 Å². The molecule has 0 bridgehead atoms. The fourth-order valence-electron chi connectivity index (χ4n) is 4.24. The lowest BCUT2D eigenvalue weighted by Gasteiger charge is -2.24. The molecule has 1 aliphatic heterocycles. The highest BCUT2D eigenvalue weighted by Crippen LogP contribution is 2.35. The third-order valence-electron chi connectivity index (χ3n) is 6.25. The van der Waals surface area contributed by atoms with Crippen molar-refractivity contribution in [3.05, 3.63) is 69.9 Å². The number of aliphatic hydroxyl groups excluding tert-OH is 1. The van der Waals surface area contributed by atoms with Gasteiger partial charge in [0.25, 0.3) is 16.0 Å². The summed E-state index contributed by atoms with van der Waals surface area (Å²) in [5.41, 5.74) is 11.1. The molecule has 1 aliphatic rings. The predicted molar refractivity (Wildman–Crippen MR) is 137 cm³/mol. The number of β-amino-alcohol motifs (C(OH)–C–C–N with tert-alkyl or cyclic N) is 1. The molecule has 2 heterocycles. The average molecular weight is 584 g/mol. The SMILES string of the molecule is NC(=O)c1ccc(C(CN2CC[C@@H](O)C2)S(=O)(=O)O)c(-c2cnc(N)c(OCc3c(F)ccc(F)c3Cl)n2)c1. The van der Waals surface area contributed by atoms with Gasteiger partial charge in [0.05, 0.1) is 23.0 Å². The number of primary amides is 1. The van der Waals surface area contributed by atoms with Crippen LogP contribution in [0.5, 0.6) is 5.88 Å². The Morgan fingerprint density at radius 1 is 1.26 bits per heavy atom. The summed E-state index contributed by atoms with van der Waals surface area (Å²) >= 11 is 5.85. The van der Waals surface area contributed by atoms with Crippen LogP contribution in [0.1, 0.15) is 33.2 Å². The van der Waals surface area contributed by atoms with Gasteiger partial charge in [0.15, 0.2) is 5.82 Å². The summed E-state index contributed by atoms with van der Waals surface area (Å²) in [6, 6.07) is 5.64. The molecule has 4 rings (SSSR count). The summed E-state index contributed by atoms with van der Waals surface area (Å²) in [4.78, 5) is 21.8. The van der Waals surface area contributed by atoms with Gasteiger partial charge in [-0.2, -0.15) is 8.42 Å². The fourth-order valence-corrected chi connectivity index (χ4v) is 5.37. The zero-order valence-corrected chi connectivity index (χ0v) is 21.8. The van der Waals surface area contributed by atoms with Gasteiger partial charge in [0.1, 0.15) is 23.5 Å². The number of aromatic nitrogens is 2. The van der Waals surface area contributed by atoms with E-state index in [-0.39, 0.29) is 52.7 Å². The Labute approximate surface area is 227 Å². The normalized spacial score (nSPS) is 16.8. The van der Waals surface area contributed by atoms with Gasteiger partial charge in [-0.25, -0.2) is 18.7 Å². The molecule has 1 unspecified atom stereocenters. The number of hydrogen-bond acceptors (Lipinski definition) is 9. The number of carbonyl (C=O) groups excluding carboxylic acids is 1. The molecule has 0 spiro atoms. The minimum absolute atomic E-state index is 0.00846. The molecule has 3 aromatic rings. The standard InChI is InChI=1S/C24H24ClF2N5O6S/c25-21-16(17(26)3-4-18(21)27)11-38-24-22(28)30-8-19(31-24)15-7-12(23(29)34)1-2-14(15)20(39(35,36)37)10-32-6-5-13(33)9-32/h1-4,7-8,13,20,33H,5-6,9-11H2,(H2,28,30)(H2,29,34)(H,35,36,37)/t13-,20?/m1/s1. The highest BCUT2D eigenvalue weighted by atomic mass is 35.5. The number of aliphatic hydroxyl groups is 1. The molecule has 0 saturated carbocycles. The number of nitrogens with two attached hydrogens (primary N) is 2. The number of nitrogens with zero attached hydrogens (tertiary/aromatic N) is 3. The molecule has 1 saturated heterocycles. The number of amides is 1. The summed E-state index contributed by atoms with van der Waals surface area (Å²) < 4.78 is 68.6. The molecule has 0 radical (unpaired) electrons. The Kier molecular flexibility index (Phi) is 8.32. The number of halogens is 3. The van der Waals surface area contributed by atoms with E-state index in [0.29, 0.717) is 13.0 Å². The second-order valence-electron chi connectivity index (χ2n) is 8.93. The zero-order valence-electron chi connectivity index (χ0n) is 20.2. The van der Waals surface area contributed by atoms with Crippen molar-refractivity contribution in [3.63, 3.8) is 0 Å². The van der Waals surface area contributed by atoms with Crippen LogP contribution in [0.4, 0.5) is 14.6 Å². The second-order valence-corrected chi connectivity index (χ2v) is 10.9. The Balaban J connectivity index is 1.76. The quantitative estimate of drug-likeness (QED) is 0.215. The first kappa shape index (κ1) is 28.6. The number of ether oxygens (including phenoxy) is 1. The first-order valence-corrected chi connectivity index (χ1v) is 13.4. The van der Waals surface area contributed by atoms with E-state index in [4.69, 9.17) is 27.8 Å². The van der Waals surface area contributed by atoms with Crippen molar-refractivity contribution >= 4 is 33.4 Å². The summed E-state index contributed by atoms with van der Waals surface area (Å²) in [5, 5.41) is 7.87. The van der Waals surface area contributed by atoms with Crippen LogP contribution < -0.4 is 16.2 Å². The topological polar surface area (TPSA) is 182 Å². The Bertz CT molecular complexity index is 1530. The van der Waals surface area contributed by atoms with E-state index in [2.05, 4.69) is 9.97 Å². The number of benzene rings is 2. The van der Waals surface area contributed by atoms with Gasteiger partial charge in [-0.1, -0.05) is 17.7 Å². The molecule has 2 aromatic carbocycles. The summed E-state index contributed by atoms with van der Waals surface area (Å²) in [5.74, 6) is -3.04. The van der Waals surface area contributed by atoms with Gasteiger partial charge in [-0.3, -0.25) is 14.2 Å². The highest BCUT2D eigenvalue weighted by Gasteiger charge is 2.33. The number of rotatable bonds is 9. The molecule has 1 amide bonds. The van der Waals surface area contributed by atoms with Crippen LogP contribution in [0.3, 0.4) is 0 Å². The number of carbonyl (C=O) groups is 1. The predicted octanol–water partition coefficient (Wildman–Crippen LogP) is 2.33. The molecule has 39 heavy (non-hydrogen) atoms. The Morgan fingerprint density at radius 2 is 1.97 bits per heavy atom. The minimum atomic E-state index is -4.70. The van der Waals surface area contributed by atoms with E-state index in [1.165, 1.54) is 24.4 Å². The maximum atomic E-state index is 14.2. The lowest BCUT2D eigenvalue weighted by molar-refractivity contribution is 0.1000. The molecule has 208 valence electrons. The lowest BCUT2D eigenvalue weighted by Crippen LogP contribution is -2.31. The van der Waals surface area contributed by atoms with Crippen LogP contribution in [0.25, 0.3) is 11.3 Å². The number of nitrogen functional groups attached to an aromatic ring is 1. The molecular formula is C24H24ClF2N5O6S. The third kappa shape index (κ3) is 6.42. The summed E-state index contributed by atoms with van der Waals surface area (Å²) in [7, 11) is -4.70. The van der Waals surface area contributed by atoms with Crippen LogP contribution in [0.15, 0.2) is 36.5 Å². The van der Waals surface area contributed by atoms with Crippen LogP contribution in [-0.4, -0.2) is 64.6 Å². The first-order chi connectivity index (χ1) is 18.3. The van der Waals surface area contributed by atoms with Gasteiger partial charge >= 0.3 is 0 Å². The highest BCUT2D eigenvalue weighted by molar-refractivity contribution is 7.86. The molecule has 11 nitrogen and oxygen atoms in total. The molecule has 6 N–H and O–H groups in total. The molecule has 1 fully saturated rings. The van der Waals surface area contributed by atoms with Crippen molar-refractivity contribution in [1.29, 1.82) is 0 Å². The van der Waals surface area contributed by atoms with E-state index in [1.54, 1.807) is 4.90 Å². The van der Waals surface area contributed by atoms with Crippen molar-refractivity contribution in [2.45, 2.75) is 24.4 Å². The Morgan fingerprint density at radius 3 is 2.62 bits per heavy atom. The summed E-state index contributed by atoms with van der Waals surface area (Å²) in [6.45, 7) is -0.119. The number of hydrogen-bond donors (Lipinski definition) is 4. The van der Waals surface area contributed by atoms with E-state index in [1.807, 2.05) is 0 Å². The van der Waals surface area contributed by atoms with Crippen molar-refractivity contribution in [1.82, 2.24) is 14.9 Å². The monoisotopic (exact) mass is 583 g/mol. The van der Waals surface area contributed by atoms with Crippen LogP contribution in [0.2, 0.25) is 5.02 Å². The number of anilines is 1. The lowest BCUT2D eigenvalue weighted by atomic mass is 9.98. The van der Waals surface area contributed by atoms with Crippen LogP contribution in [-0.2, 0) is 16.7 Å². The zero-order chi connectivity index (χ0) is 28.5. The first-order valence-electron chi connectivity index (χ1n) is 11.5. The largest absolute Gasteiger partial charge is 0.470 e. The Hall–Kier alpha value is -3.43. The van der Waals surface area contributed by atoms with Crippen molar-refractivity contribution in [3.8, 4) is 17.1 Å². The molecular weight excluding hydrogens is 560 g/mol. The van der Waals surface area contributed by atoms with Crippen LogP contribution >= 0.6 is 11.6 Å². The van der Waals surface area contributed by atoms with Gasteiger partial charge < -0.3 is 21.3 Å². The molecule has 0 aliphatic carbocycles. The fraction of sp³-hybridized carbons (Fsp3) is 0.292. The second kappa shape index (κ2) is 11.4. The van der Waals surface area contributed by atoms with Crippen molar-refractivity contribution in [2.75, 3.05) is 25.4 Å². The van der Waals surface area contributed by atoms with Gasteiger partial charge in [0.2, 0.25) is 5.91 Å². The van der Waals surface area contributed by atoms with Gasteiger partial charge in [-0.15, -0.1) is 0 Å². The van der Waals surface area contributed by atoms with Crippen LogP contribution in [0, 0.1) is 11.6 Å².